The third kappa shape index (κ3) is 3.18. The van der Waals surface area contributed by atoms with Crippen LogP contribution in [0.3, 0.4) is 0 Å². The first-order chi connectivity index (χ1) is 9.76. The summed E-state index contributed by atoms with van der Waals surface area (Å²) >= 11 is 0. The maximum Gasteiger partial charge on any atom is 0.226 e. The van der Waals surface area contributed by atoms with Crippen LogP contribution in [0, 0.1) is 0 Å². The fourth-order valence-corrected chi connectivity index (χ4v) is 2.05. The maximum atomic E-state index is 12.0. The number of carbonyl (C=O) groups excluding carboxylic acids is 1. The lowest BCUT2D eigenvalue weighted by Gasteiger charge is -2.23. The van der Waals surface area contributed by atoms with Gasteiger partial charge in [0.15, 0.2) is 5.75 Å². The lowest BCUT2D eigenvalue weighted by Crippen LogP contribution is -2.30. The number of benzene rings is 2. The first kappa shape index (κ1) is 14.1. The van der Waals surface area contributed by atoms with Gasteiger partial charge < -0.3 is 9.64 Å². The van der Waals surface area contributed by atoms with E-state index >= 15 is 0 Å². The summed E-state index contributed by atoms with van der Waals surface area (Å²) in [5.74, 6) is 1.55. The Labute approximate surface area is 119 Å². The predicted octanol–water partition coefficient (Wildman–Crippen LogP) is 4.24. The summed E-state index contributed by atoms with van der Waals surface area (Å²) in [6, 6.07) is 17.2. The van der Waals surface area contributed by atoms with Crippen LogP contribution in [0.25, 0.3) is 0 Å². The van der Waals surface area contributed by atoms with Crippen LogP contribution in [0.1, 0.15) is 20.3 Å². The van der Waals surface area contributed by atoms with Crippen molar-refractivity contribution < 1.29 is 9.53 Å². The molecule has 0 aliphatic carbocycles. The molecule has 0 fully saturated rings. The Morgan fingerprint density at radius 1 is 1.00 bits per heavy atom. The highest BCUT2D eigenvalue weighted by atomic mass is 16.5. The molecule has 0 unspecified atom stereocenters. The first-order valence-electron chi connectivity index (χ1n) is 6.88. The fraction of sp³-hybridized carbons (Fsp3) is 0.235. The van der Waals surface area contributed by atoms with E-state index in [1.165, 1.54) is 0 Å². The van der Waals surface area contributed by atoms with Crippen molar-refractivity contribution in [2.75, 3.05) is 11.4 Å². The Hall–Kier alpha value is -2.29. The molecule has 0 radical (unpaired) electrons. The number of hydrogen-bond donors (Lipinski definition) is 0. The molecule has 2 rings (SSSR count). The third-order valence-corrected chi connectivity index (χ3v) is 3.05. The van der Waals surface area contributed by atoms with Gasteiger partial charge in [-0.2, -0.15) is 0 Å². The molecule has 0 saturated heterocycles. The van der Waals surface area contributed by atoms with Crippen LogP contribution in [0.2, 0.25) is 0 Å². The molecule has 0 aromatic heterocycles. The van der Waals surface area contributed by atoms with Gasteiger partial charge in [0.25, 0.3) is 0 Å². The molecule has 1 amide bonds. The molecule has 3 nitrogen and oxygen atoms in total. The minimum Gasteiger partial charge on any atom is -0.455 e. The van der Waals surface area contributed by atoms with Gasteiger partial charge in [0, 0.05) is 13.0 Å². The minimum absolute atomic E-state index is 0.0941. The van der Waals surface area contributed by atoms with Gasteiger partial charge in [-0.1, -0.05) is 37.3 Å². The first-order valence-corrected chi connectivity index (χ1v) is 6.88. The van der Waals surface area contributed by atoms with Gasteiger partial charge in [-0.15, -0.1) is 0 Å². The highest BCUT2D eigenvalue weighted by Gasteiger charge is 2.16. The van der Waals surface area contributed by atoms with E-state index in [-0.39, 0.29) is 5.91 Å². The van der Waals surface area contributed by atoms with Crippen LogP contribution < -0.4 is 9.64 Å². The Bertz CT molecular complexity index is 566. The maximum absolute atomic E-state index is 12.0. The molecule has 0 bridgehead atoms. The molecule has 0 heterocycles. The van der Waals surface area contributed by atoms with Gasteiger partial charge in [-0.3, -0.25) is 4.79 Å². The summed E-state index contributed by atoms with van der Waals surface area (Å²) in [7, 11) is 0. The largest absolute Gasteiger partial charge is 0.455 e. The van der Waals surface area contributed by atoms with E-state index in [0.29, 0.717) is 18.7 Å². The molecule has 0 saturated carbocycles. The topological polar surface area (TPSA) is 29.5 Å². The smallest absolute Gasteiger partial charge is 0.226 e. The summed E-state index contributed by atoms with van der Waals surface area (Å²) in [6.45, 7) is 4.46. The molecule has 0 aliphatic heterocycles. The quantitative estimate of drug-likeness (QED) is 0.812. The second-order valence-electron chi connectivity index (χ2n) is 4.37. The summed E-state index contributed by atoms with van der Waals surface area (Å²) < 4.78 is 5.89. The van der Waals surface area contributed by atoms with Crippen LogP contribution >= 0.6 is 0 Å². The fourth-order valence-electron chi connectivity index (χ4n) is 2.05. The number of carbonyl (C=O) groups is 1. The highest BCUT2D eigenvalue weighted by Crippen LogP contribution is 2.32. The molecular weight excluding hydrogens is 250 g/mol. The van der Waals surface area contributed by atoms with E-state index < -0.39 is 0 Å². The van der Waals surface area contributed by atoms with E-state index in [0.717, 1.165) is 11.4 Å². The van der Waals surface area contributed by atoms with Crippen LogP contribution in [0.15, 0.2) is 54.6 Å². The number of ether oxygens (including phenoxy) is 1. The van der Waals surface area contributed by atoms with Crippen molar-refractivity contribution in [2.24, 2.45) is 0 Å². The van der Waals surface area contributed by atoms with Crippen molar-refractivity contribution >= 4 is 11.6 Å². The van der Waals surface area contributed by atoms with Gasteiger partial charge in [0.1, 0.15) is 5.75 Å². The zero-order valence-corrected chi connectivity index (χ0v) is 11.9. The molecule has 0 N–H and O–H groups in total. The third-order valence-electron chi connectivity index (χ3n) is 3.05. The summed E-state index contributed by atoms with van der Waals surface area (Å²) in [4.78, 5) is 13.8. The lowest BCUT2D eigenvalue weighted by atomic mass is 10.2. The number of hydrogen-bond acceptors (Lipinski definition) is 2. The van der Waals surface area contributed by atoms with Crippen LogP contribution in [0.4, 0.5) is 5.69 Å². The lowest BCUT2D eigenvalue weighted by molar-refractivity contribution is -0.118. The molecule has 3 heteroatoms. The standard InChI is InChI=1S/C17H19NO2/c1-3-17(19)18(4-2)15-12-8-9-13-16(15)20-14-10-6-5-7-11-14/h5-13H,3-4H2,1-2H3. The molecule has 2 aromatic rings. The molecule has 104 valence electrons. The van der Waals surface area contributed by atoms with E-state index in [4.69, 9.17) is 4.74 Å². The summed E-state index contributed by atoms with van der Waals surface area (Å²) in [5, 5.41) is 0. The Morgan fingerprint density at radius 3 is 2.30 bits per heavy atom. The Morgan fingerprint density at radius 2 is 1.65 bits per heavy atom. The van der Waals surface area contributed by atoms with E-state index in [9.17, 15) is 4.79 Å². The number of nitrogens with zero attached hydrogens (tertiary/aromatic N) is 1. The number of anilines is 1. The molecule has 0 aliphatic rings. The number of rotatable bonds is 5. The second kappa shape index (κ2) is 6.75. The Kier molecular flexibility index (Phi) is 4.77. The summed E-state index contributed by atoms with van der Waals surface area (Å²) in [5.41, 5.74) is 0.811. The van der Waals surface area contributed by atoms with Crippen molar-refractivity contribution in [1.82, 2.24) is 0 Å². The van der Waals surface area contributed by atoms with Crippen molar-refractivity contribution in [3.05, 3.63) is 54.6 Å². The molecule has 0 spiro atoms. The molecular formula is C17H19NO2. The van der Waals surface area contributed by atoms with Crippen molar-refractivity contribution in [2.45, 2.75) is 20.3 Å². The highest BCUT2D eigenvalue weighted by molar-refractivity contribution is 5.94. The van der Waals surface area contributed by atoms with Gasteiger partial charge in [-0.25, -0.2) is 0 Å². The van der Waals surface area contributed by atoms with E-state index in [2.05, 4.69) is 0 Å². The van der Waals surface area contributed by atoms with Crippen molar-refractivity contribution in [1.29, 1.82) is 0 Å². The van der Waals surface area contributed by atoms with Crippen LogP contribution in [-0.4, -0.2) is 12.5 Å². The average molecular weight is 269 g/mol. The second-order valence-corrected chi connectivity index (χ2v) is 4.37. The number of para-hydroxylation sites is 3. The number of amides is 1. The molecule has 20 heavy (non-hydrogen) atoms. The predicted molar refractivity (Wildman–Crippen MR) is 81.3 cm³/mol. The van der Waals surface area contributed by atoms with E-state index in [1.54, 1.807) is 4.90 Å². The zero-order chi connectivity index (χ0) is 14.4. The van der Waals surface area contributed by atoms with Gasteiger partial charge >= 0.3 is 0 Å². The van der Waals surface area contributed by atoms with Gasteiger partial charge in [-0.05, 0) is 31.2 Å². The van der Waals surface area contributed by atoms with Crippen LogP contribution in [0.5, 0.6) is 11.5 Å². The minimum atomic E-state index is 0.0941. The van der Waals surface area contributed by atoms with E-state index in [1.807, 2.05) is 68.4 Å². The summed E-state index contributed by atoms with van der Waals surface area (Å²) in [6.07, 6.45) is 0.480. The van der Waals surface area contributed by atoms with Gasteiger partial charge in [0.05, 0.1) is 5.69 Å². The Balaban J connectivity index is 2.32. The van der Waals surface area contributed by atoms with Crippen LogP contribution in [-0.2, 0) is 4.79 Å². The molecule has 2 aromatic carbocycles. The van der Waals surface area contributed by atoms with Crippen molar-refractivity contribution in [3.8, 4) is 11.5 Å². The monoisotopic (exact) mass is 269 g/mol. The molecule has 0 atom stereocenters. The zero-order valence-electron chi connectivity index (χ0n) is 11.9. The average Bonchev–Trinajstić information content (AvgIpc) is 2.50. The SMILES string of the molecule is CCC(=O)N(CC)c1ccccc1Oc1ccccc1. The van der Waals surface area contributed by atoms with Gasteiger partial charge in [0.2, 0.25) is 5.91 Å². The normalized spacial score (nSPS) is 10.1. The van der Waals surface area contributed by atoms with Crippen molar-refractivity contribution in [3.63, 3.8) is 0 Å².